The Morgan fingerprint density at radius 2 is 1.95 bits per heavy atom. The normalized spacial score (nSPS) is 10.2. The maximum atomic E-state index is 13.4. The second-order valence-electron chi connectivity index (χ2n) is 3.63. The lowest BCUT2D eigenvalue weighted by molar-refractivity contribution is -0.385. The number of nitrogen functional groups attached to an aromatic ring is 1. The highest BCUT2D eigenvalue weighted by Gasteiger charge is 2.20. The molecule has 0 saturated carbocycles. The van der Waals surface area contributed by atoms with E-state index in [1.165, 1.54) is 0 Å². The molecule has 2 aromatic rings. The molecular formula is C12H8BrFN2O3. The smallest absolute Gasteiger partial charge is 0.312 e. The Balaban J connectivity index is 2.48. The van der Waals surface area contributed by atoms with Crippen LogP contribution in [0.1, 0.15) is 0 Å². The third-order valence-electron chi connectivity index (χ3n) is 2.34. The highest BCUT2D eigenvalue weighted by molar-refractivity contribution is 9.10. The Kier molecular flexibility index (Phi) is 3.66. The third-order valence-corrected chi connectivity index (χ3v) is 2.95. The highest BCUT2D eigenvalue weighted by Crippen LogP contribution is 2.36. The Bertz CT molecular complexity index is 649. The van der Waals surface area contributed by atoms with Crippen molar-refractivity contribution in [2.75, 3.05) is 5.73 Å². The summed E-state index contributed by atoms with van der Waals surface area (Å²) < 4.78 is 18.7. The molecule has 0 saturated heterocycles. The van der Waals surface area contributed by atoms with E-state index >= 15 is 0 Å². The molecule has 2 N–H and O–H groups in total. The first-order valence-corrected chi connectivity index (χ1v) is 5.94. The van der Waals surface area contributed by atoms with E-state index in [-0.39, 0.29) is 21.7 Å². The van der Waals surface area contributed by atoms with Gasteiger partial charge in [-0.3, -0.25) is 10.1 Å². The molecule has 7 heteroatoms. The fourth-order valence-electron chi connectivity index (χ4n) is 1.43. The summed E-state index contributed by atoms with van der Waals surface area (Å²) in [7, 11) is 0. The first kappa shape index (κ1) is 13.3. The Hall–Kier alpha value is -2.15. The minimum absolute atomic E-state index is 0.00687. The van der Waals surface area contributed by atoms with E-state index in [1.807, 2.05) is 0 Å². The molecule has 0 atom stereocenters. The summed E-state index contributed by atoms with van der Waals surface area (Å²) in [5.74, 6) is -0.633. The number of halogens is 2. The molecule has 0 bridgehead atoms. The average molecular weight is 327 g/mol. The molecule has 2 rings (SSSR count). The van der Waals surface area contributed by atoms with Crippen LogP contribution in [0.5, 0.6) is 11.5 Å². The van der Waals surface area contributed by atoms with Gasteiger partial charge in [0.15, 0.2) is 5.75 Å². The maximum absolute atomic E-state index is 13.4. The van der Waals surface area contributed by atoms with E-state index in [9.17, 15) is 14.5 Å². The lowest BCUT2D eigenvalue weighted by atomic mass is 10.2. The molecular weight excluding hydrogens is 319 g/mol. The van der Waals surface area contributed by atoms with Crippen LogP contribution in [0.25, 0.3) is 0 Å². The summed E-state index contributed by atoms with van der Waals surface area (Å²) in [6.07, 6.45) is 0. The van der Waals surface area contributed by atoms with Gasteiger partial charge in [-0.2, -0.15) is 0 Å². The van der Waals surface area contributed by atoms with Crippen LogP contribution in [-0.2, 0) is 0 Å². The van der Waals surface area contributed by atoms with Crippen LogP contribution >= 0.6 is 15.9 Å². The first-order valence-electron chi connectivity index (χ1n) is 5.15. The second-order valence-corrected chi connectivity index (χ2v) is 4.49. The van der Waals surface area contributed by atoms with Crippen molar-refractivity contribution in [1.82, 2.24) is 0 Å². The Labute approximate surface area is 116 Å². The van der Waals surface area contributed by atoms with Crippen LogP contribution in [0.2, 0.25) is 0 Å². The van der Waals surface area contributed by atoms with Gasteiger partial charge in [0.05, 0.1) is 15.1 Å². The highest BCUT2D eigenvalue weighted by atomic mass is 79.9. The molecule has 19 heavy (non-hydrogen) atoms. The molecule has 0 radical (unpaired) electrons. The second kappa shape index (κ2) is 5.23. The number of anilines is 1. The number of hydrogen-bond donors (Lipinski definition) is 1. The summed E-state index contributed by atoms with van der Waals surface area (Å²) in [4.78, 5) is 10.3. The maximum Gasteiger partial charge on any atom is 0.312 e. The topological polar surface area (TPSA) is 78.4 Å². The minimum Gasteiger partial charge on any atom is -0.448 e. The van der Waals surface area contributed by atoms with Gasteiger partial charge >= 0.3 is 5.69 Å². The summed E-state index contributed by atoms with van der Waals surface area (Å²) in [6.45, 7) is 0. The van der Waals surface area contributed by atoms with E-state index in [4.69, 9.17) is 10.5 Å². The number of nitrogens with zero attached hydrogens (tertiary/aromatic N) is 1. The van der Waals surface area contributed by atoms with Crippen molar-refractivity contribution in [3.05, 3.63) is 56.8 Å². The SMILES string of the molecule is Nc1ccccc1Oc1cc(F)c(Br)cc1[N+](=O)[O-]. The quantitative estimate of drug-likeness (QED) is 0.527. The molecule has 0 aliphatic carbocycles. The predicted molar refractivity (Wildman–Crippen MR) is 71.7 cm³/mol. The van der Waals surface area contributed by atoms with Crippen LogP contribution < -0.4 is 10.5 Å². The van der Waals surface area contributed by atoms with Crippen molar-refractivity contribution in [2.45, 2.75) is 0 Å². The lowest BCUT2D eigenvalue weighted by Gasteiger charge is -2.09. The first-order chi connectivity index (χ1) is 8.99. The summed E-state index contributed by atoms with van der Waals surface area (Å²) >= 11 is 2.89. The van der Waals surface area contributed by atoms with Gasteiger partial charge in [0, 0.05) is 12.1 Å². The summed E-state index contributed by atoms with van der Waals surface area (Å²) in [5, 5.41) is 10.9. The molecule has 0 fully saturated rings. The van der Waals surface area contributed by atoms with E-state index in [2.05, 4.69) is 15.9 Å². The van der Waals surface area contributed by atoms with E-state index in [1.54, 1.807) is 24.3 Å². The van der Waals surface area contributed by atoms with Gasteiger partial charge in [-0.1, -0.05) is 12.1 Å². The number of rotatable bonds is 3. The molecule has 0 aliphatic heterocycles. The van der Waals surface area contributed by atoms with Crippen molar-refractivity contribution in [3.63, 3.8) is 0 Å². The van der Waals surface area contributed by atoms with Crippen LogP contribution in [0.3, 0.4) is 0 Å². The lowest BCUT2D eigenvalue weighted by Crippen LogP contribution is -1.97. The number of nitro benzene ring substituents is 1. The Morgan fingerprint density at radius 3 is 2.58 bits per heavy atom. The van der Waals surface area contributed by atoms with Gasteiger partial charge < -0.3 is 10.5 Å². The number of nitro groups is 1. The van der Waals surface area contributed by atoms with Crippen molar-refractivity contribution in [1.29, 1.82) is 0 Å². The zero-order chi connectivity index (χ0) is 14.0. The Morgan fingerprint density at radius 1 is 1.26 bits per heavy atom. The standard InChI is InChI=1S/C12H8BrFN2O3/c13-7-5-10(16(17)18)12(6-8(7)14)19-11-4-2-1-3-9(11)15/h1-6H,15H2. The molecule has 0 amide bonds. The number of para-hydroxylation sites is 2. The zero-order valence-electron chi connectivity index (χ0n) is 9.47. The predicted octanol–water partition coefficient (Wildman–Crippen LogP) is 3.87. The largest absolute Gasteiger partial charge is 0.448 e. The molecule has 0 heterocycles. The van der Waals surface area contributed by atoms with Crippen LogP contribution in [0, 0.1) is 15.9 Å². The minimum atomic E-state index is -0.657. The van der Waals surface area contributed by atoms with Gasteiger partial charge in [0.1, 0.15) is 5.82 Å². The number of benzene rings is 2. The van der Waals surface area contributed by atoms with E-state index < -0.39 is 10.7 Å². The molecule has 2 aromatic carbocycles. The van der Waals surface area contributed by atoms with Gasteiger partial charge in [-0.25, -0.2) is 4.39 Å². The molecule has 0 spiro atoms. The van der Waals surface area contributed by atoms with Crippen molar-refractivity contribution in [3.8, 4) is 11.5 Å². The fraction of sp³-hybridized carbons (Fsp3) is 0. The van der Waals surface area contributed by atoms with Crippen LogP contribution in [-0.4, -0.2) is 4.92 Å². The third kappa shape index (κ3) is 2.82. The number of hydrogen-bond acceptors (Lipinski definition) is 4. The van der Waals surface area contributed by atoms with Crippen molar-refractivity contribution in [2.24, 2.45) is 0 Å². The molecule has 0 aromatic heterocycles. The summed E-state index contributed by atoms with van der Waals surface area (Å²) in [6, 6.07) is 8.46. The molecule has 0 aliphatic rings. The number of nitrogens with two attached hydrogens (primary N) is 1. The van der Waals surface area contributed by atoms with Crippen molar-refractivity contribution < 1.29 is 14.1 Å². The van der Waals surface area contributed by atoms with Gasteiger partial charge in [0.2, 0.25) is 5.75 Å². The summed E-state index contributed by atoms with van der Waals surface area (Å²) in [5.41, 5.74) is 5.62. The van der Waals surface area contributed by atoms with Crippen LogP contribution in [0.4, 0.5) is 15.8 Å². The average Bonchev–Trinajstić information content (AvgIpc) is 2.36. The number of ether oxygens (including phenoxy) is 1. The zero-order valence-corrected chi connectivity index (χ0v) is 11.1. The molecule has 5 nitrogen and oxygen atoms in total. The van der Waals surface area contributed by atoms with Gasteiger partial charge in [-0.15, -0.1) is 0 Å². The van der Waals surface area contributed by atoms with E-state index in [0.717, 1.165) is 12.1 Å². The van der Waals surface area contributed by atoms with Gasteiger partial charge in [-0.05, 0) is 28.1 Å². The fourth-order valence-corrected chi connectivity index (χ4v) is 1.77. The molecule has 98 valence electrons. The van der Waals surface area contributed by atoms with Crippen molar-refractivity contribution >= 4 is 27.3 Å². The van der Waals surface area contributed by atoms with E-state index in [0.29, 0.717) is 5.69 Å². The van der Waals surface area contributed by atoms with Crippen LogP contribution in [0.15, 0.2) is 40.9 Å². The molecule has 0 unspecified atom stereocenters. The van der Waals surface area contributed by atoms with Gasteiger partial charge in [0.25, 0.3) is 0 Å². The monoisotopic (exact) mass is 326 g/mol.